The van der Waals surface area contributed by atoms with E-state index in [9.17, 15) is 13.2 Å². The van der Waals surface area contributed by atoms with Gasteiger partial charge in [0, 0.05) is 6.07 Å². The average molecular weight is 351 g/mol. The molecule has 0 saturated heterocycles. The van der Waals surface area contributed by atoms with E-state index in [-0.39, 0.29) is 27.6 Å². The van der Waals surface area contributed by atoms with Gasteiger partial charge in [0.25, 0.3) is 15.9 Å². The number of nitrogens with one attached hydrogen (secondary N) is 2. The van der Waals surface area contributed by atoms with E-state index in [0.717, 1.165) is 0 Å². The molecule has 0 atom stereocenters. The van der Waals surface area contributed by atoms with Gasteiger partial charge in [0.05, 0.1) is 30.4 Å². The zero-order chi connectivity index (χ0) is 17.7. The Hall–Kier alpha value is -2.78. The predicted octanol–water partition coefficient (Wildman–Crippen LogP) is 1.11. The number of carbonyl (C=O) groups excluding carboxylic acids is 1. The fourth-order valence-corrected chi connectivity index (χ4v) is 3.12. The van der Waals surface area contributed by atoms with E-state index in [1.165, 1.54) is 38.5 Å². The second-order valence-electron chi connectivity index (χ2n) is 4.64. The van der Waals surface area contributed by atoms with E-state index in [0.29, 0.717) is 0 Å². The average Bonchev–Trinajstić information content (AvgIpc) is 2.61. The van der Waals surface area contributed by atoms with Crippen molar-refractivity contribution in [2.45, 2.75) is 4.90 Å². The molecule has 0 fully saturated rings. The molecule has 0 heterocycles. The Morgan fingerprint density at radius 3 is 2.17 bits per heavy atom. The van der Waals surface area contributed by atoms with Crippen LogP contribution in [0.3, 0.4) is 0 Å². The van der Waals surface area contributed by atoms with Gasteiger partial charge in [-0.3, -0.25) is 14.9 Å². The molecule has 1 amide bonds. The number of anilines is 1. The number of methoxy groups -OCH3 is 2. The van der Waals surface area contributed by atoms with E-state index in [1.54, 1.807) is 18.2 Å². The lowest BCUT2D eigenvalue weighted by Gasteiger charge is -2.15. The van der Waals surface area contributed by atoms with Crippen molar-refractivity contribution < 1.29 is 22.7 Å². The molecule has 0 spiro atoms. The van der Waals surface area contributed by atoms with Gasteiger partial charge in [-0.1, -0.05) is 18.2 Å². The molecule has 2 aromatic carbocycles. The number of rotatable bonds is 6. The lowest BCUT2D eigenvalue weighted by molar-refractivity contribution is 0.0954. The number of carbonyl (C=O) groups is 1. The summed E-state index contributed by atoms with van der Waals surface area (Å²) < 4.78 is 37.6. The summed E-state index contributed by atoms with van der Waals surface area (Å²) in [6, 6.07) is 10.4. The second kappa shape index (κ2) is 7.20. The highest BCUT2D eigenvalue weighted by molar-refractivity contribution is 7.92. The van der Waals surface area contributed by atoms with Crippen molar-refractivity contribution >= 4 is 21.6 Å². The van der Waals surface area contributed by atoms with Gasteiger partial charge in [-0.25, -0.2) is 14.3 Å². The monoisotopic (exact) mass is 351 g/mol. The SMILES string of the molecule is COc1cc(NS(=O)(=O)c2ccccc2)c(C(=O)NN)cc1OC. The molecule has 24 heavy (non-hydrogen) atoms. The Kier molecular flexibility index (Phi) is 5.27. The van der Waals surface area contributed by atoms with Crippen molar-refractivity contribution in [1.82, 2.24) is 5.43 Å². The number of benzene rings is 2. The van der Waals surface area contributed by atoms with Crippen LogP contribution in [-0.2, 0) is 10.0 Å². The first kappa shape index (κ1) is 17.6. The molecule has 2 rings (SSSR count). The number of hydrazine groups is 1. The minimum absolute atomic E-state index is 0.00495. The molecule has 9 heteroatoms. The van der Waals surface area contributed by atoms with Crippen LogP contribution in [0.4, 0.5) is 5.69 Å². The highest BCUT2D eigenvalue weighted by Crippen LogP contribution is 2.34. The summed E-state index contributed by atoms with van der Waals surface area (Å²) in [5, 5.41) is 0. The van der Waals surface area contributed by atoms with Crippen LogP contribution >= 0.6 is 0 Å². The van der Waals surface area contributed by atoms with Gasteiger partial charge in [-0.05, 0) is 18.2 Å². The number of sulfonamides is 1. The molecular formula is C15H17N3O5S. The zero-order valence-corrected chi connectivity index (χ0v) is 13.9. The van der Waals surface area contributed by atoms with Crippen LogP contribution in [0.5, 0.6) is 11.5 Å². The Morgan fingerprint density at radius 2 is 1.62 bits per heavy atom. The Labute approximate surface area is 139 Å². The van der Waals surface area contributed by atoms with Crippen LogP contribution in [0.25, 0.3) is 0 Å². The maximum Gasteiger partial charge on any atom is 0.267 e. The van der Waals surface area contributed by atoms with Crippen molar-refractivity contribution in [1.29, 1.82) is 0 Å². The van der Waals surface area contributed by atoms with Gasteiger partial charge in [0.2, 0.25) is 0 Å². The van der Waals surface area contributed by atoms with Crippen LogP contribution in [0, 0.1) is 0 Å². The van der Waals surface area contributed by atoms with E-state index in [1.807, 2.05) is 5.43 Å². The molecule has 0 saturated carbocycles. The summed E-state index contributed by atoms with van der Waals surface area (Å²) in [6.45, 7) is 0. The van der Waals surface area contributed by atoms with Crippen LogP contribution in [0.15, 0.2) is 47.4 Å². The fourth-order valence-electron chi connectivity index (χ4n) is 2.03. The van der Waals surface area contributed by atoms with Gasteiger partial charge in [-0.2, -0.15) is 0 Å². The van der Waals surface area contributed by atoms with Crippen molar-refractivity contribution in [2.75, 3.05) is 18.9 Å². The van der Waals surface area contributed by atoms with Gasteiger partial charge in [0.15, 0.2) is 11.5 Å². The molecule has 128 valence electrons. The molecule has 0 unspecified atom stereocenters. The number of hydrogen-bond acceptors (Lipinski definition) is 6. The van der Waals surface area contributed by atoms with Gasteiger partial charge >= 0.3 is 0 Å². The summed E-state index contributed by atoms with van der Waals surface area (Å²) >= 11 is 0. The third kappa shape index (κ3) is 3.58. The lowest BCUT2D eigenvalue weighted by atomic mass is 10.1. The van der Waals surface area contributed by atoms with Gasteiger partial charge in [0.1, 0.15) is 0 Å². The van der Waals surface area contributed by atoms with E-state index >= 15 is 0 Å². The smallest absolute Gasteiger partial charge is 0.267 e. The van der Waals surface area contributed by atoms with Crippen molar-refractivity contribution in [3.63, 3.8) is 0 Å². The second-order valence-corrected chi connectivity index (χ2v) is 6.33. The van der Waals surface area contributed by atoms with Crippen LogP contribution < -0.4 is 25.5 Å². The minimum Gasteiger partial charge on any atom is -0.493 e. The highest BCUT2D eigenvalue weighted by Gasteiger charge is 2.21. The highest BCUT2D eigenvalue weighted by atomic mass is 32.2. The van der Waals surface area contributed by atoms with Crippen LogP contribution in [0.2, 0.25) is 0 Å². The number of amides is 1. The summed E-state index contributed by atoms with van der Waals surface area (Å²) in [6.07, 6.45) is 0. The van der Waals surface area contributed by atoms with Crippen LogP contribution in [0.1, 0.15) is 10.4 Å². The summed E-state index contributed by atoms with van der Waals surface area (Å²) in [5.74, 6) is 5.01. The largest absolute Gasteiger partial charge is 0.493 e. The quantitative estimate of drug-likeness (QED) is 0.407. The van der Waals surface area contributed by atoms with E-state index in [4.69, 9.17) is 15.3 Å². The third-order valence-electron chi connectivity index (χ3n) is 3.20. The van der Waals surface area contributed by atoms with E-state index < -0.39 is 15.9 Å². The number of nitrogens with two attached hydrogens (primary N) is 1. The Balaban J connectivity index is 2.54. The number of ether oxygens (including phenoxy) is 2. The van der Waals surface area contributed by atoms with Gasteiger partial charge in [-0.15, -0.1) is 0 Å². The molecule has 0 aromatic heterocycles. The molecule has 2 aromatic rings. The normalized spacial score (nSPS) is 10.8. The van der Waals surface area contributed by atoms with Crippen LogP contribution in [-0.4, -0.2) is 28.5 Å². The maximum atomic E-state index is 12.5. The first-order valence-corrected chi connectivity index (χ1v) is 8.26. The Bertz CT molecular complexity index is 838. The zero-order valence-electron chi connectivity index (χ0n) is 13.1. The minimum atomic E-state index is -3.89. The number of hydrogen-bond donors (Lipinski definition) is 3. The fraction of sp³-hybridized carbons (Fsp3) is 0.133. The van der Waals surface area contributed by atoms with E-state index in [2.05, 4.69) is 4.72 Å². The molecule has 0 aliphatic carbocycles. The van der Waals surface area contributed by atoms with Gasteiger partial charge < -0.3 is 9.47 Å². The third-order valence-corrected chi connectivity index (χ3v) is 4.58. The molecular weight excluding hydrogens is 334 g/mol. The predicted molar refractivity (Wildman–Crippen MR) is 88.5 cm³/mol. The maximum absolute atomic E-state index is 12.5. The van der Waals surface area contributed by atoms with Crippen molar-refractivity contribution in [2.24, 2.45) is 5.84 Å². The molecule has 0 bridgehead atoms. The van der Waals surface area contributed by atoms with Crippen molar-refractivity contribution in [3.05, 3.63) is 48.0 Å². The summed E-state index contributed by atoms with van der Waals surface area (Å²) in [5.41, 5.74) is 1.97. The molecule has 4 N–H and O–H groups in total. The summed E-state index contributed by atoms with van der Waals surface area (Å²) in [7, 11) is -1.09. The topological polar surface area (TPSA) is 120 Å². The van der Waals surface area contributed by atoms with Crippen molar-refractivity contribution in [3.8, 4) is 11.5 Å². The standard InChI is InChI=1S/C15H17N3O5S/c1-22-13-8-11(15(19)17-16)12(9-14(13)23-2)18-24(20,21)10-6-4-3-5-7-10/h3-9,18H,16H2,1-2H3,(H,17,19). The Morgan fingerprint density at radius 1 is 1.04 bits per heavy atom. The first-order valence-electron chi connectivity index (χ1n) is 6.77. The molecule has 0 aliphatic heterocycles. The first-order chi connectivity index (χ1) is 11.4. The lowest BCUT2D eigenvalue weighted by Crippen LogP contribution is -2.31. The summed E-state index contributed by atoms with van der Waals surface area (Å²) in [4.78, 5) is 12.0. The molecule has 0 radical (unpaired) electrons. The molecule has 8 nitrogen and oxygen atoms in total. The number of nitrogen functional groups attached to an aromatic ring is 1. The molecule has 0 aliphatic rings.